The molecule has 3 aromatic rings. The fourth-order valence-electron chi connectivity index (χ4n) is 3.68. The van der Waals surface area contributed by atoms with Crippen LogP contribution in [0.15, 0.2) is 41.6 Å². The zero-order chi connectivity index (χ0) is 22.0. The lowest BCUT2D eigenvalue weighted by Gasteiger charge is -2.22. The first-order valence-electron chi connectivity index (χ1n) is 10.5. The van der Waals surface area contributed by atoms with Crippen molar-refractivity contribution < 1.29 is 13.2 Å². The molecule has 0 amide bonds. The van der Waals surface area contributed by atoms with E-state index >= 15 is 0 Å². The van der Waals surface area contributed by atoms with Gasteiger partial charge in [0.15, 0.2) is 5.65 Å². The molecule has 0 atom stereocenters. The molecule has 1 aliphatic heterocycles. The molecule has 0 aliphatic carbocycles. The Balaban J connectivity index is 0.00000289. The molecule has 0 unspecified atom stereocenters. The number of fused-ring (bicyclic) bond motifs is 1. The second-order valence-electron chi connectivity index (χ2n) is 8.09. The minimum atomic E-state index is -4.35. The monoisotopic (exact) mass is 485 g/mol. The molecule has 32 heavy (non-hydrogen) atoms. The highest BCUT2D eigenvalue weighted by molar-refractivity contribution is 7.99. The molecule has 0 radical (unpaired) electrons. The number of halogens is 4. The lowest BCUT2D eigenvalue weighted by Crippen LogP contribution is -2.29. The summed E-state index contributed by atoms with van der Waals surface area (Å²) in [6.45, 7) is 6.46. The summed E-state index contributed by atoms with van der Waals surface area (Å²) in [6.07, 6.45) is -0.369. The molecule has 4 rings (SSSR count). The molecule has 1 saturated heterocycles. The third kappa shape index (κ3) is 5.68. The van der Waals surface area contributed by atoms with Crippen LogP contribution in [-0.2, 0) is 12.7 Å². The second kappa shape index (κ2) is 10.3. The molecule has 2 aromatic heterocycles. The first-order chi connectivity index (χ1) is 14.8. The summed E-state index contributed by atoms with van der Waals surface area (Å²) in [6, 6.07) is 7.36. The second-order valence-corrected chi connectivity index (χ2v) is 9.41. The number of nitrogens with zero attached hydrogens (tertiary/aromatic N) is 3. The van der Waals surface area contributed by atoms with Gasteiger partial charge in [-0.25, -0.2) is 9.50 Å². The van der Waals surface area contributed by atoms with Crippen LogP contribution in [0.5, 0.6) is 0 Å². The Morgan fingerprint density at radius 2 is 1.97 bits per heavy atom. The summed E-state index contributed by atoms with van der Waals surface area (Å²) in [4.78, 5) is 4.54. The summed E-state index contributed by atoms with van der Waals surface area (Å²) in [5.41, 5.74) is 2.38. The number of piperidine rings is 1. The van der Waals surface area contributed by atoms with Crippen LogP contribution in [-0.4, -0.2) is 32.9 Å². The van der Waals surface area contributed by atoms with E-state index in [1.807, 2.05) is 16.8 Å². The average molecular weight is 486 g/mol. The number of anilines is 1. The molecule has 2 N–H and O–H groups in total. The Bertz CT molecular complexity index is 1050. The van der Waals surface area contributed by atoms with Gasteiger partial charge in [-0.3, -0.25) is 0 Å². The number of rotatable bonds is 6. The Labute approximate surface area is 196 Å². The third-order valence-electron chi connectivity index (χ3n) is 5.37. The molecular weight excluding hydrogens is 459 g/mol. The molecule has 5 nitrogen and oxygen atoms in total. The molecule has 0 saturated carbocycles. The molecule has 1 fully saturated rings. The van der Waals surface area contributed by atoms with E-state index in [1.165, 1.54) is 12.1 Å². The Morgan fingerprint density at radius 3 is 2.66 bits per heavy atom. The van der Waals surface area contributed by atoms with Crippen molar-refractivity contribution in [3.8, 4) is 0 Å². The summed E-state index contributed by atoms with van der Waals surface area (Å²) < 4.78 is 41.0. The standard InChI is InChI=1S/C22H26F3N5S.ClH/c1-14(2)19-13-28-21-18(27-12-15-4-3-5-16(10-15)22(23,24)25)11-20(29-30(19)21)31-17-6-8-26-9-7-17;/h3-5,10-11,13-14,17,26-27H,6-9,12H2,1-2H3;1H. The predicted octanol–water partition coefficient (Wildman–Crippen LogP) is 5.75. The van der Waals surface area contributed by atoms with E-state index in [2.05, 4.69) is 29.5 Å². The van der Waals surface area contributed by atoms with Crippen molar-refractivity contribution in [3.63, 3.8) is 0 Å². The normalized spacial score (nSPS) is 15.2. The van der Waals surface area contributed by atoms with Crippen molar-refractivity contribution in [2.45, 2.75) is 55.6 Å². The van der Waals surface area contributed by atoms with Crippen molar-refractivity contribution >= 4 is 35.5 Å². The maximum Gasteiger partial charge on any atom is 0.416 e. The Kier molecular flexibility index (Phi) is 7.95. The molecule has 3 heterocycles. The lowest BCUT2D eigenvalue weighted by atomic mass is 10.1. The van der Waals surface area contributed by atoms with Gasteiger partial charge in [0, 0.05) is 11.8 Å². The zero-order valence-electron chi connectivity index (χ0n) is 17.9. The minimum Gasteiger partial charge on any atom is -0.378 e. The number of thioether (sulfide) groups is 1. The van der Waals surface area contributed by atoms with Crippen LogP contribution >= 0.6 is 24.2 Å². The van der Waals surface area contributed by atoms with Crippen molar-refractivity contribution in [3.05, 3.63) is 53.3 Å². The van der Waals surface area contributed by atoms with E-state index < -0.39 is 11.7 Å². The fraction of sp³-hybridized carbons (Fsp3) is 0.455. The summed E-state index contributed by atoms with van der Waals surface area (Å²) in [7, 11) is 0. The van der Waals surface area contributed by atoms with Gasteiger partial charge in [-0.2, -0.15) is 18.3 Å². The Hall–Kier alpha value is -1.97. The van der Waals surface area contributed by atoms with Gasteiger partial charge in [0.2, 0.25) is 0 Å². The van der Waals surface area contributed by atoms with E-state index in [4.69, 9.17) is 5.10 Å². The third-order valence-corrected chi connectivity index (χ3v) is 6.62. The van der Waals surface area contributed by atoms with Gasteiger partial charge in [-0.15, -0.1) is 24.2 Å². The van der Waals surface area contributed by atoms with E-state index in [1.54, 1.807) is 17.8 Å². The molecule has 0 spiro atoms. The highest BCUT2D eigenvalue weighted by Crippen LogP contribution is 2.32. The lowest BCUT2D eigenvalue weighted by molar-refractivity contribution is -0.137. The Morgan fingerprint density at radius 1 is 1.22 bits per heavy atom. The summed E-state index contributed by atoms with van der Waals surface area (Å²) in [5, 5.41) is 12.9. The van der Waals surface area contributed by atoms with E-state index in [0.29, 0.717) is 16.5 Å². The largest absolute Gasteiger partial charge is 0.416 e. The van der Waals surface area contributed by atoms with Crippen LogP contribution in [0.4, 0.5) is 18.9 Å². The average Bonchev–Trinajstić information content (AvgIpc) is 3.17. The molecule has 0 bridgehead atoms. The first-order valence-corrected chi connectivity index (χ1v) is 11.4. The zero-order valence-corrected chi connectivity index (χ0v) is 19.6. The quantitative estimate of drug-likeness (QED) is 0.465. The SMILES string of the molecule is CC(C)c1cnc2c(NCc3cccc(C(F)(F)F)c3)cc(SC3CCNCC3)nn12.Cl. The molecule has 1 aromatic carbocycles. The maximum atomic E-state index is 13.0. The number of benzene rings is 1. The van der Waals surface area contributed by atoms with E-state index in [0.717, 1.165) is 48.4 Å². The number of aromatic nitrogens is 3. The smallest absolute Gasteiger partial charge is 0.378 e. The van der Waals surface area contributed by atoms with Gasteiger partial charge in [-0.1, -0.05) is 26.0 Å². The minimum absolute atomic E-state index is 0. The highest BCUT2D eigenvalue weighted by Gasteiger charge is 2.30. The number of hydrogen-bond acceptors (Lipinski definition) is 5. The van der Waals surface area contributed by atoms with Gasteiger partial charge in [-0.05, 0) is 55.6 Å². The van der Waals surface area contributed by atoms with Crippen molar-refractivity contribution in [1.82, 2.24) is 19.9 Å². The molecule has 174 valence electrons. The maximum absolute atomic E-state index is 13.0. The van der Waals surface area contributed by atoms with Crippen LogP contribution in [0.3, 0.4) is 0 Å². The van der Waals surface area contributed by atoms with Crippen LogP contribution in [0.1, 0.15) is 49.4 Å². The number of hydrogen-bond donors (Lipinski definition) is 2. The molecular formula is C22H27ClF3N5S. The van der Waals surface area contributed by atoms with Crippen LogP contribution in [0.2, 0.25) is 0 Å². The fourth-order valence-corrected chi connectivity index (χ4v) is 4.81. The predicted molar refractivity (Wildman–Crippen MR) is 125 cm³/mol. The van der Waals surface area contributed by atoms with E-state index in [-0.39, 0.29) is 24.9 Å². The van der Waals surface area contributed by atoms with Crippen molar-refractivity contribution in [2.75, 3.05) is 18.4 Å². The number of nitrogens with one attached hydrogen (secondary N) is 2. The summed E-state index contributed by atoms with van der Waals surface area (Å²) in [5.74, 6) is 0.248. The van der Waals surface area contributed by atoms with Crippen LogP contribution in [0, 0.1) is 0 Å². The van der Waals surface area contributed by atoms with Crippen molar-refractivity contribution in [1.29, 1.82) is 0 Å². The van der Waals surface area contributed by atoms with Crippen LogP contribution in [0.25, 0.3) is 5.65 Å². The topological polar surface area (TPSA) is 54.2 Å². The van der Waals surface area contributed by atoms with Gasteiger partial charge in [0.05, 0.1) is 23.1 Å². The van der Waals surface area contributed by atoms with Gasteiger partial charge >= 0.3 is 6.18 Å². The summed E-state index contributed by atoms with van der Waals surface area (Å²) >= 11 is 1.76. The van der Waals surface area contributed by atoms with E-state index in [9.17, 15) is 13.2 Å². The number of alkyl halides is 3. The van der Waals surface area contributed by atoms with Gasteiger partial charge in [0.25, 0.3) is 0 Å². The molecule has 10 heteroatoms. The van der Waals surface area contributed by atoms with Crippen molar-refractivity contribution in [2.24, 2.45) is 0 Å². The van der Waals surface area contributed by atoms with Crippen LogP contribution < -0.4 is 10.6 Å². The van der Waals surface area contributed by atoms with Gasteiger partial charge < -0.3 is 10.6 Å². The molecule has 1 aliphatic rings. The first kappa shape index (κ1) is 24.7. The van der Waals surface area contributed by atoms with Gasteiger partial charge in [0.1, 0.15) is 5.03 Å². The number of imidazole rings is 1. The highest BCUT2D eigenvalue weighted by atomic mass is 35.5.